The number of alkyl carbamates (subject to hydrolysis) is 2. The number of ether oxygens (including phenoxy) is 2. The third-order valence-corrected chi connectivity index (χ3v) is 13.9. The number of H-pyrrole nitrogens is 2. The average molecular weight is 887 g/mol. The Morgan fingerprint density at radius 1 is 0.800 bits per heavy atom. The molecule has 338 valence electrons. The Balaban J connectivity index is 0.957. The van der Waals surface area contributed by atoms with Crippen molar-refractivity contribution in [3.05, 3.63) is 89.5 Å². The summed E-state index contributed by atoms with van der Waals surface area (Å²) in [5, 5.41) is 16.1. The zero-order valence-electron chi connectivity index (χ0n) is 37.1. The molecule has 0 bridgehead atoms. The number of halogens is 2. The lowest BCUT2D eigenvalue weighted by Gasteiger charge is -2.30. The van der Waals surface area contributed by atoms with E-state index in [1.807, 2.05) is 43.0 Å². The van der Waals surface area contributed by atoms with Gasteiger partial charge in [0.15, 0.2) is 0 Å². The molecular formula is C49H52F2N8O6. The second kappa shape index (κ2) is 16.3. The molecule has 2 aromatic heterocycles. The summed E-state index contributed by atoms with van der Waals surface area (Å²) in [5.41, 5.74) is 4.75. The number of nitrogens with zero attached hydrogens (tertiary/aromatic N) is 4. The first kappa shape index (κ1) is 43.5. The Kier molecular flexibility index (Phi) is 10.9. The second-order valence-corrected chi connectivity index (χ2v) is 18.8. The summed E-state index contributed by atoms with van der Waals surface area (Å²) < 4.78 is 42.8. The van der Waals surface area contributed by atoms with Crippen molar-refractivity contribution in [2.75, 3.05) is 27.3 Å². The van der Waals surface area contributed by atoms with Gasteiger partial charge < -0.3 is 39.9 Å². The number of aromatic nitrogens is 3. The first-order chi connectivity index (χ1) is 31.0. The van der Waals surface area contributed by atoms with E-state index < -0.39 is 42.2 Å². The molecule has 4 heterocycles. The molecule has 0 unspecified atom stereocenters. The van der Waals surface area contributed by atoms with Crippen LogP contribution in [0.5, 0.6) is 0 Å². The minimum Gasteiger partial charge on any atom is -0.453 e. The van der Waals surface area contributed by atoms with Gasteiger partial charge in [-0.25, -0.2) is 14.6 Å². The summed E-state index contributed by atoms with van der Waals surface area (Å²) in [7, 11) is 2.50. The van der Waals surface area contributed by atoms with Crippen LogP contribution in [0.2, 0.25) is 0 Å². The standard InChI is InChI=1S/C49H52F2N8O6/c1-25(2)41(56-46(62)64-5)44(60)58-23-27(21-52)15-39(58)43-53-22-38(55-43)30-10-12-33-32-11-9-28(16-34(32)49(50,51)35(33)17-30)29-7-8-31-19-37(54-36(31)18-29)40-20-48(13-14-48)24-59(40)45(61)42(26(3)4)57-47(63)65-6/h7-12,16-19,22,25-27,39-42,54H,13-15,20,23-24H2,1-6H3,(H,53,55)(H,56,62)(H,57,63)/t27-,39+,40+,41+,42+/m1/s1. The van der Waals surface area contributed by atoms with E-state index in [4.69, 9.17) is 9.47 Å². The summed E-state index contributed by atoms with van der Waals surface area (Å²) in [5.74, 6) is -4.32. The van der Waals surface area contributed by atoms with Crippen molar-refractivity contribution >= 4 is 34.9 Å². The number of carbonyl (C=O) groups excluding carboxylic acids is 4. The highest BCUT2D eigenvalue weighted by Gasteiger charge is 2.55. The van der Waals surface area contributed by atoms with Crippen LogP contribution in [0.15, 0.2) is 66.9 Å². The third kappa shape index (κ3) is 7.74. The Bertz CT molecular complexity index is 2770. The topological polar surface area (TPSA) is 186 Å². The number of aromatic amines is 2. The van der Waals surface area contributed by atoms with Crippen LogP contribution in [0, 0.1) is 34.5 Å². The summed E-state index contributed by atoms with van der Waals surface area (Å²) in [6.07, 6.45) is 3.35. The molecule has 2 aliphatic heterocycles. The Hall–Kier alpha value is -6.76. The van der Waals surface area contributed by atoms with Crippen LogP contribution in [-0.4, -0.2) is 88.1 Å². The molecule has 14 nitrogen and oxygen atoms in total. The summed E-state index contributed by atoms with van der Waals surface area (Å²) in [6.45, 7) is 8.15. The highest BCUT2D eigenvalue weighted by atomic mass is 19.3. The summed E-state index contributed by atoms with van der Waals surface area (Å²) >= 11 is 0. The SMILES string of the molecule is COC(=O)N[C@H](C(=O)N1CC2(CC2)C[C@H]1c1cc2ccc(-c3ccc4c(c3)C(F)(F)c3cc(-c5cnc([C@@H]6C[C@H](C#N)CN6C(=O)[C@@H](NC(=O)OC)C(C)C)[nH]5)ccc3-4)cc2[nH]1)C(C)C. The molecular weight excluding hydrogens is 835 g/mol. The zero-order chi connectivity index (χ0) is 46.1. The van der Waals surface area contributed by atoms with Crippen LogP contribution in [0.25, 0.3) is 44.4 Å². The maximum Gasteiger partial charge on any atom is 0.407 e. The number of amides is 4. The molecule has 16 heteroatoms. The molecule has 4 aliphatic rings. The largest absolute Gasteiger partial charge is 0.453 e. The number of rotatable bonds is 10. The van der Waals surface area contributed by atoms with E-state index in [1.54, 1.807) is 49.2 Å². The number of carbonyl (C=O) groups is 4. The van der Waals surface area contributed by atoms with Gasteiger partial charge in [-0.3, -0.25) is 9.59 Å². The van der Waals surface area contributed by atoms with E-state index in [0.717, 1.165) is 41.4 Å². The van der Waals surface area contributed by atoms with Gasteiger partial charge in [-0.05, 0) is 94.8 Å². The van der Waals surface area contributed by atoms with Gasteiger partial charge >= 0.3 is 12.2 Å². The van der Waals surface area contributed by atoms with E-state index in [0.29, 0.717) is 46.7 Å². The molecule has 3 aromatic carbocycles. The van der Waals surface area contributed by atoms with Crippen molar-refractivity contribution in [3.63, 3.8) is 0 Å². The smallest absolute Gasteiger partial charge is 0.407 e. The molecule has 65 heavy (non-hydrogen) atoms. The van der Waals surface area contributed by atoms with E-state index in [1.165, 1.54) is 20.3 Å². The fourth-order valence-corrected chi connectivity index (χ4v) is 10.0. The highest BCUT2D eigenvalue weighted by molar-refractivity contribution is 5.90. The number of fused-ring (bicyclic) bond motifs is 4. The van der Waals surface area contributed by atoms with Crippen molar-refractivity contribution in [1.29, 1.82) is 5.26 Å². The predicted molar refractivity (Wildman–Crippen MR) is 237 cm³/mol. The molecule has 5 aromatic rings. The molecule has 3 fully saturated rings. The Morgan fingerprint density at radius 3 is 1.98 bits per heavy atom. The van der Waals surface area contributed by atoms with Crippen LogP contribution < -0.4 is 10.6 Å². The number of likely N-dealkylation sites (tertiary alicyclic amines) is 2. The van der Waals surface area contributed by atoms with Crippen LogP contribution in [0.4, 0.5) is 18.4 Å². The quantitative estimate of drug-likeness (QED) is 0.107. The van der Waals surface area contributed by atoms with E-state index >= 15 is 8.78 Å². The maximum atomic E-state index is 16.6. The van der Waals surface area contributed by atoms with Crippen LogP contribution in [0.1, 0.15) is 88.1 Å². The van der Waals surface area contributed by atoms with Gasteiger partial charge in [0.25, 0.3) is 5.92 Å². The maximum absolute atomic E-state index is 16.6. The molecule has 1 saturated carbocycles. The number of nitrogens with one attached hydrogen (secondary N) is 4. The zero-order valence-corrected chi connectivity index (χ0v) is 37.1. The first-order valence-corrected chi connectivity index (χ1v) is 22.1. The average Bonchev–Trinajstić information content (AvgIpc) is 3.82. The monoisotopic (exact) mass is 886 g/mol. The van der Waals surface area contributed by atoms with E-state index in [-0.39, 0.29) is 52.8 Å². The third-order valence-electron chi connectivity index (χ3n) is 13.9. The van der Waals surface area contributed by atoms with Crippen LogP contribution >= 0.6 is 0 Å². The highest BCUT2D eigenvalue weighted by Crippen LogP contribution is 2.59. The number of hydrogen-bond acceptors (Lipinski definition) is 8. The summed E-state index contributed by atoms with van der Waals surface area (Å²) in [4.78, 5) is 66.9. The van der Waals surface area contributed by atoms with Gasteiger partial charge in [-0.15, -0.1) is 0 Å². The lowest BCUT2D eigenvalue weighted by molar-refractivity contribution is -0.136. The Morgan fingerprint density at radius 2 is 1.38 bits per heavy atom. The van der Waals surface area contributed by atoms with Gasteiger partial charge in [0.05, 0.1) is 50.2 Å². The van der Waals surface area contributed by atoms with Crippen LogP contribution in [-0.2, 0) is 25.0 Å². The number of nitriles is 1. The molecule has 2 saturated heterocycles. The molecule has 4 N–H and O–H groups in total. The molecule has 1 spiro atoms. The number of imidazole rings is 1. The van der Waals surface area contributed by atoms with Gasteiger partial charge in [-0.2, -0.15) is 14.0 Å². The first-order valence-electron chi connectivity index (χ1n) is 22.1. The molecule has 2 aliphatic carbocycles. The predicted octanol–water partition coefficient (Wildman–Crippen LogP) is 8.57. The van der Waals surface area contributed by atoms with Crippen molar-refractivity contribution in [1.82, 2.24) is 35.4 Å². The van der Waals surface area contributed by atoms with Crippen molar-refractivity contribution in [3.8, 4) is 39.6 Å². The Labute approximate surface area is 375 Å². The van der Waals surface area contributed by atoms with Crippen LogP contribution in [0.3, 0.4) is 0 Å². The van der Waals surface area contributed by atoms with Crippen molar-refractivity contribution in [2.24, 2.45) is 23.2 Å². The van der Waals surface area contributed by atoms with Gasteiger partial charge in [-0.1, -0.05) is 64.1 Å². The number of alkyl halides is 2. The minimum atomic E-state index is -3.32. The minimum absolute atomic E-state index is 0.0662. The second-order valence-electron chi connectivity index (χ2n) is 18.8. The number of hydrogen-bond donors (Lipinski definition) is 4. The fourth-order valence-electron chi connectivity index (χ4n) is 10.0. The van der Waals surface area contributed by atoms with E-state index in [9.17, 15) is 24.4 Å². The molecule has 4 amide bonds. The van der Waals surface area contributed by atoms with Gasteiger partial charge in [0, 0.05) is 41.0 Å². The summed E-state index contributed by atoms with van der Waals surface area (Å²) in [6, 6.07) is 17.8. The van der Waals surface area contributed by atoms with Gasteiger partial charge in [0.1, 0.15) is 17.9 Å². The number of benzene rings is 3. The molecule has 0 radical (unpaired) electrons. The van der Waals surface area contributed by atoms with Gasteiger partial charge in [0.2, 0.25) is 11.8 Å². The lowest BCUT2D eigenvalue weighted by atomic mass is 9.98. The molecule has 5 atom stereocenters. The van der Waals surface area contributed by atoms with Crippen molar-refractivity contribution < 1.29 is 37.4 Å². The van der Waals surface area contributed by atoms with Crippen molar-refractivity contribution in [2.45, 2.75) is 83.5 Å². The van der Waals surface area contributed by atoms with E-state index in [2.05, 4.69) is 37.7 Å². The lowest BCUT2D eigenvalue weighted by Crippen LogP contribution is -2.51. The number of methoxy groups -OCH3 is 2. The molecule has 9 rings (SSSR count). The normalized spacial score (nSPS) is 21.0. The fraction of sp³-hybridized carbons (Fsp3) is 0.429.